The summed E-state index contributed by atoms with van der Waals surface area (Å²) in [6, 6.07) is 13.1. The average Bonchev–Trinajstić information content (AvgIpc) is 3.57. The van der Waals surface area contributed by atoms with Crippen LogP contribution in [0.3, 0.4) is 0 Å². The topological polar surface area (TPSA) is 79.8 Å². The lowest BCUT2D eigenvalue weighted by atomic mass is 10.3. The molecule has 0 radical (unpaired) electrons. The predicted molar refractivity (Wildman–Crippen MR) is 122 cm³/mol. The van der Waals surface area contributed by atoms with Crippen LogP contribution in [0.5, 0.6) is 0 Å². The maximum atomic E-state index is 14.2. The number of aromatic nitrogens is 1. The highest BCUT2D eigenvalue weighted by atomic mass is 32.1. The third-order valence-corrected chi connectivity index (χ3v) is 5.52. The number of benzene rings is 1. The van der Waals surface area contributed by atoms with Crippen LogP contribution in [0.25, 0.3) is 6.08 Å². The maximum Gasteiger partial charge on any atom is 0.247 e. The number of hydrogen-bond acceptors (Lipinski definition) is 6. The highest BCUT2D eigenvalue weighted by molar-refractivity contribution is 7.14. The Bertz CT molecular complexity index is 1210. The van der Waals surface area contributed by atoms with E-state index in [9.17, 15) is 14.0 Å². The average molecular weight is 466 g/mol. The summed E-state index contributed by atoms with van der Waals surface area (Å²) in [7, 11) is 0. The molecule has 4 aromatic rings. The van der Waals surface area contributed by atoms with Gasteiger partial charge in [-0.2, -0.15) is 0 Å². The van der Waals surface area contributed by atoms with Gasteiger partial charge in [-0.1, -0.05) is 12.1 Å². The highest BCUT2D eigenvalue weighted by Gasteiger charge is 2.21. The molecule has 0 saturated carbocycles. The van der Waals surface area contributed by atoms with E-state index in [2.05, 4.69) is 4.98 Å². The summed E-state index contributed by atoms with van der Waals surface area (Å²) in [6.07, 6.45) is 6.05. The van der Waals surface area contributed by atoms with Gasteiger partial charge in [-0.05, 0) is 42.5 Å². The smallest absolute Gasteiger partial charge is 0.247 e. The van der Waals surface area contributed by atoms with E-state index < -0.39 is 5.82 Å². The van der Waals surface area contributed by atoms with Gasteiger partial charge < -0.3 is 13.7 Å². The van der Waals surface area contributed by atoms with Crippen molar-refractivity contribution in [3.8, 4) is 0 Å². The molecule has 0 N–H and O–H groups in total. The third kappa shape index (κ3) is 5.45. The van der Waals surface area contributed by atoms with Crippen molar-refractivity contribution < 1.29 is 22.8 Å². The first-order valence-corrected chi connectivity index (χ1v) is 10.9. The Labute approximate surface area is 193 Å². The zero-order valence-electron chi connectivity index (χ0n) is 17.7. The van der Waals surface area contributed by atoms with E-state index in [0.717, 1.165) is 0 Å². The molecule has 3 heterocycles. The summed E-state index contributed by atoms with van der Waals surface area (Å²) in [5, 5.41) is 2.00. The molecule has 0 fully saturated rings. The number of thiazole rings is 1. The summed E-state index contributed by atoms with van der Waals surface area (Å²) in [6.45, 7) is 1.88. The number of para-hydroxylation sites is 1. The molecule has 4 rings (SSSR count). The predicted octanol–water partition coefficient (Wildman–Crippen LogP) is 5.40. The molecule has 0 aliphatic rings. The minimum atomic E-state index is -0.526. The number of furan rings is 2. The lowest BCUT2D eigenvalue weighted by Gasteiger charge is -2.19. The minimum Gasteiger partial charge on any atom is -0.467 e. The van der Waals surface area contributed by atoms with Gasteiger partial charge >= 0.3 is 0 Å². The largest absolute Gasteiger partial charge is 0.467 e. The number of anilines is 2. The Morgan fingerprint density at radius 1 is 1.03 bits per heavy atom. The molecular formula is C24H20FN3O4S. The third-order valence-electron chi connectivity index (χ3n) is 4.67. The second-order valence-corrected chi connectivity index (χ2v) is 7.88. The van der Waals surface area contributed by atoms with Crippen molar-refractivity contribution in [3.05, 3.63) is 95.5 Å². The molecule has 0 aliphatic heterocycles. The molecule has 0 atom stereocenters. The van der Waals surface area contributed by atoms with Gasteiger partial charge in [-0.15, -0.1) is 11.3 Å². The van der Waals surface area contributed by atoms with Gasteiger partial charge in [0.1, 0.15) is 17.3 Å². The van der Waals surface area contributed by atoms with Gasteiger partial charge in [0, 0.05) is 18.4 Å². The lowest BCUT2D eigenvalue weighted by molar-refractivity contribution is -0.127. The van der Waals surface area contributed by atoms with E-state index in [-0.39, 0.29) is 30.6 Å². The number of carbonyl (C=O) groups excluding carboxylic acids is 2. The summed E-state index contributed by atoms with van der Waals surface area (Å²) < 4.78 is 25.0. The van der Waals surface area contributed by atoms with Crippen LogP contribution in [0.2, 0.25) is 0 Å². The second kappa shape index (κ2) is 10.1. The fourth-order valence-electron chi connectivity index (χ4n) is 3.15. The number of nitrogens with zero attached hydrogens (tertiary/aromatic N) is 3. The van der Waals surface area contributed by atoms with Crippen LogP contribution < -0.4 is 4.90 Å². The fraction of sp³-hybridized carbons (Fsp3) is 0.125. The van der Waals surface area contributed by atoms with Crippen LogP contribution in [0.15, 0.2) is 81.3 Å². The Hall–Kier alpha value is -3.98. The maximum absolute atomic E-state index is 14.2. The van der Waals surface area contributed by atoms with Crippen LogP contribution in [0, 0.1) is 5.82 Å². The standard InChI is InChI=1S/C24H20FN3O4S/c1-17(29)28(22-9-3-2-8-21(22)25)24-26-18(16-33-24)10-11-23(30)27(14-19-6-4-12-31-19)15-20-7-5-13-32-20/h2-13,16H,14-15H2,1H3/b11-10+. The van der Waals surface area contributed by atoms with E-state index in [0.29, 0.717) is 22.3 Å². The van der Waals surface area contributed by atoms with Gasteiger partial charge in [0.2, 0.25) is 11.8 Å². The van der Waals surface area contributed by atoms with Crippen LogP contribution in [0.4, 0.5) is 15.2 Å². The monoisotopic (exact) mass is 465 g/mol. The van der Waals surface area contributed by atoms with Crippen molar-refractivity contribution in [3.63, 3.8) is 0 Å². The van der Waals surface area contributed by atoms with Gasteiger partial charge in [0.15, 0.2) is 5.13 Å². The molecule has 1 aromatic carbocycles. The molecule has 3 aromatic heterocycles. The summed E-state index contributed by atoms with van der Waals surface area (Å²) in [5.74, 6) is 0.114. The lowest BCUT2D eigenvalue weighted by Crippen LogP contribution is -2.28. The molecule has 0 saturated heterocycles. The highest BCUT2D eigenvalue weighted by Crippen LogP contribution is 2.31. The molecule has 33 heavy (non-hydrogen) atoms. The van der Waals surface area contributed by atoms with Crippen molar-refractivity contribution in [2.24, 2.45) is 0 Å². The van der Waals surface area contributed by atoms with E-state index in [4.69, 9.17) is 8.83 Å². The summed E-state index contributed by atoms with van der Waals surface area (Å²) in [4.78, 5) is 32.3. The van der Waals surface area contributed by atoms with Crippen LogP contribution >= 0.6 is 11.3 Å². The molecule has 0 spiro atoms. The van der Waals surface area contributed by atoms with Crippen molar-refractivity contribution >= 4 is 40.0 Å². The number of carbonyl (C=O) groups is 2. The summed E-state index contributed by atoms with van der Waals surface area (Å²) >= 11 is 1.18. The van der Waals surface area contributed by atoms with Crippen LogP contribution in [-0.2, 0) is 22.7 Å². The van der Waals surface area contributed by atoms with Gasteiger partial charge in [0.25, 0.3) is 0 Å². The van der Waals surface area contributed by atoms with Crippen molar-refractivity contribution in [1.29, 1.82) is 0 Å². The first kappa shape index (κ1) is 22.2. The van der Waals surface area contributed by atoms with Crippen molar-refractivity contribution in [2.75, 3.05) is 4.90 Å². The minimum absolute atomic E-state index is 0.119. The normalized spacial score (nSPS) is 11.1. The number of hydrogen-bond donors (Lipinski definition) is 0. The van der Waals surface area contributed by atoms with Crippen molar-refractivity contribution in [1.82, 2.24) is 9.88 Å². The molecule has 0 aliphatic carbocycles. The Morgan fingerprint density at radius 2 is 1.70 bits per heavy atom. The molecule has 9 heteroatoms. The Morgan fingerprint density at radius 3 is 2.27 bits per heavy atom. The number of rotatable bonds is 8. The molecule has 0 unspecified atom stereocenters. The van der Waals surface area contributed by atoms with Gasteiger partial charge in [-0.3, -0.25) is 14.5 Å². The quantitative estimate of drug-likeness (QED) is 0.326. The molecular weight excluding hydrogens is 445 g/mol. The zero-order chi connectivity index (χ0) is 23.2. The zero-order valence-corrected chi connectivity index (χ0v) is 18.5. The number of halogens is 1. The molecule has 2 amide bonds. The van der Waals surface area contributed by atoms with Crippen molar-refractivity contribution in [2.45, 2.75) is 20.0 Å². The van der Waals surface area contributed by atoms with E-state index >= 15 is 0 Å². The SMILES string of the molecule is CC(=O)N(c1nc(/C=C/C(=O)N(Cc2ccco2)Cc2ccco2)cs1)c1ccccc1F. The Balaban J connectivity index is 1.52. The Kier molecular flexibility index (Phi) is 6.80. The first-order valence-electron chi connectivity index (χ1n) is 10.0. The summed E-state index contributed by atoms with van der Waals surface area (Å²) in [5.41, 5.74) is 0.593. The van der Waals surface area contributed by atoms with E-state index in [1.807, 2.05) is 0 Å². The molecule has 0 bridgehead atoms. The molecule has 168 valence electrons. The molecule has 7 nitrogen and oxygen atoms in total. The van der Waals surface area contributed by atoms with Gasteiger partial charge in [-0.25, -0.2) is 9.37 Å². The fourth-order valence-corrected chi connectivity index (χ4v) is 4.00. The van der Waals surface area contributed by atoms with Crippen LogP contribution in [-0.4, -0.2) is 21.7 Å². The number of amides is 2. The van der Waals surface area contributed by atoms with E-state index in [1.54, 1.807) is 65.3 Å². The van der Waals surface area contributed by atoms with Gasteiger partial charge in [0.05, 0.1) is 37.0 Å². The first-order chi connectivity index (χ1) is 16.0. The van der Waals surface area contributed by atoms with Crippen LogP contribution in [0.1, 0.15) is 24.1 Å². The van der Waals surface area contributed by atoms with E-state index in [1.165, 1.54) is 41.4 Å². The second-order valence-electron chi connectivity index (χ2n) is 7.05.